The molecule has 1 aliphatic carbocycles. The van der Waals surface area contributed by atoms with Crippen molar-refractivity contribution >= 4 is 11.6 Å². The maximum absolute atomic E-state index is 13.7. The van der Waals surface area contributed by atoms with Crippen molar-refractivity contribution in [2.75, 3.05) is 25.1 Å². The third kappa shape index (κ3) is 4.58. The van der Waals surface area contributed by atoms with Crippen LogP contribution in [0, 0.1) is 11.7 Å². The molecule has 1 aromatic carbocycles. The summed E-state index contributed by atoms with van der Waals surface area (Å²) in [7, 11) is 1.58. The standard InChI is InChI=1S/C24H30FN3O2/c1-3-17-5-4-12-28(16-17)20-8-11-26-21(14-20)23(29)27-24(9-10-24)15-18-13-19(25)6-7-22(18)30-2/h6-8,11,13-14,17H,3-5,9-10,12,15-16H2,1-2H3,(H,27,29). The van der Waals surface area contributed by atoms with Crippen LogP contribution in [0.3, 0.4) is 0 Å². The number of nitrogens with zero attached hydrogens (tertiary/aromatic N) is 2. The summed E-state index contributed by atoms with van der Waals surface area (Å²) in [6, 6.07) is 8.39. The molecular formula is C24H30FN3O2. The van der Waals surface area contributed by atoms with Crippen LogP contribution in [0.5, 0.6) is 5.75 Å². The summed E-state index contributed by atoms with van der Waals surface area (Å²) in [5.41, 5.74) is 1.92. The van der Waals surface area contributed by atoms with E-state index in [0.29, 0.717) is 23.8 Å². The van der Waals surface area contributed by atoms with Crippen molar-refractivity contribution in [2.45, 2.75) is 51.0 Å². The minimum atomic E-state index is -0.353. The van der Waals surface area contributed by atoms with Gasteiger partial charge in [0, 0.05) is 30.5 Å². The summed E-state index contributed by atoms with van der Waals surface area (Å²) < 4.78 is 19.1. The Morgan fingerprint density at radius 3 is 2.90 bits per heavy atom. The second-order valence-corrected chi connectivity index (χ2v) is 8.63. The number of benzene rings is 1. The van der Waals surface area contributed by atoms with Crippen LogP contribution in [0.1, 0.15) is 55.1 Å². The van der Waals surface area contributed by atoms with Gasteiger partial charge in [-0.25, -0.2) is 4.39 Å². The molecule has 0 bridgehead atoms. The number of ether oxygens (including phenoxy) is 1. The first kappa shape index (κ1) is 20.6. The molecule has 6 heteroatoms. The zero-order chi connectivity index (χ0) is 21.1. The van der Waals surface area contributed by atoms with Crippen LogP contribution in [0.25, 0.3) is 0 Å². The molecular weight excluding hydrogens is 381 g/mol. The van der Waals surface area contributed by atoms with Crippen molar-refractivity contribution in [3.63, 3.8) is 0 Å². The summed E-state index contributed by atoms with van der Waals surface area (Å²) >= 11 is 0. The molecule has 1 unspecified atom stereocenters. The number of hydrogen-bond donors (Lipinski definition) is 1. The van der Waals surface area contributed by atoms with Crippen LogP contribution in [-0.4, -0.2) is 36.6 Å². The number of rotatable bonds is 7. The first-order chi connectivity index (χ1) is 14.5. The van der Waals surface area contributed by atoms with Crippen LogP contribution >= 0.6 is 0 Å². The van der Waals surface area contributed by atoms with E-state index in [9.17, 15) is 9.18 Å². The van der Waals surface area contributed by atoms with Crippen molar-refractivity contribution < 1.29 is 13.9 Å². The second-order valence-electron chi connectivity index (χ2n) is 8.63. The number of halogens is 1. The summed E-state index contributed by atoms with van der Waals surface area (Å²) in [5, 5.41) is 3.16. The molecule has 1 N–H and O–H groups in total. The van der Waals surface area contributed by atoms with Crippen molar-refractivity contribution in [2.24, 2.45) is 5.92 Å². The van der Waals surface area contributed by atoms with E-state index in [4.69, 9.17) is 4.74 Å². The molecule has 2 aromatic rings. The van der Waals surface area contributed by atoms with Gasteiger partial charge in [0.25, 0.3) is 5.91 Å². The molecule has 160 valence electrons. The Bertz CT molecular complexity index is 913. The predicted molar refractivity (Wildman–Crippen MR) is 116 cm³/mol. The SMILES string of the molecule is CCC1CCCN(c2ccnc(C(=O)NC3(Cc4cc(F)ccc4OC)CC3)c2)C1. The number of pyridine rings is 1. The Balaban J connectivity index is 1.46. The summed E-state index contributed by atoms with van der Waals surface area (Å²) in [4.78, 5) is 19.6. The minimum Gasteiger partial charge on any atom is -0.496 e. The third-order valence-corrected chi connectivity index (χ3v) is 6.44. The number of carbonyl (C=O) groups excluding carboxylic acids is 1. The Labute approximate surface area is 177 Å². The number of anilines is 1. The maximum Gasteiger partial charge on any atom is 0.270 e. The van der Waals surface area contributed by atoms with Crippen LogP contribution in [0.15, 0.2) is 36.5 Å². The van der Waals surface area contributed by atoms with Crippen molar-refractivity contribution in [3.05, 3.63) is 53.6 Å². The fourth-order valence-corrected chi connectivity index (χ4v) is 4.42. The second kappa shape index (κ2) is 8.62. The molecule has 0 radical (unpaired) electrons. The highest BCUT2D eigenvalue weighted by Crippen LogP contribution is 2.41. The Morgan fingerprint density at radius 2 is 2.17 bits per heavy atom. The Kier molecular flexibility index (Phi) is 5.93. The molecule has 2 aliphatic rings. The van der Waals surface area contributed by atoms with Gasteiger partial charge < -0.3 is 15.0 Å². The predicted octanol–water partition coefficient (Wildman–Crippen LogP) is 4.36. The highest BCUT2D eigenvalue weighted by molar-refractivity contribution is 5.94. The van der Waals surface area contributed by atoms with Gasteiger partial charge in [0.15, 0.2) is 0 Å². The average Bonchev–Trinajstić information content (AvgIpc) is 3.52. The smallest absolute Gasteiger partial charge is 0.270 e. The van der Waals surface area contributed by atoms with E-state index in [1.54, 1.807) is 19.4 Å². The van der Waals surface area contributed by atoms with E-state index in [2.05, 4.69) is 22.1 Å². The number of amides is 1. The molecule has 0 spiro atoms. The lowest BCUT2D eigenvalue weighted by Crippen LogP contribution is -2.39. The molecule has 5 nitrogen and oxygen atoms in total. The zero-order valence-electron chi connectivity index (χ0n) is 17.8. The lowest BCUT2D eigenvalue weighted by molar-refractivity contribution is 0.0926. The zero-order valence-corrected chi connectivity index (χ0v) is 17.8. The molecule has 1 aromatic heterocycles. The number of nitrogens with one attached hydrogen (secondary N) is 1. The molecule has 1 saturated carbocycles. The van der Waals surface area contributed by atoms with Crippen LogP contribution < -0.4 is 15.0 Å². The molecule has 1 saturated heterocycles. The summed E-state index contributed by atoms with van der Waals surface area (Å²) in [5.74, 6) is 0.885. The number of hydrogen-bond acceptors (Lipinski definition) is 4. The van der Waals surface area contributed by atoms with E-state index in [0.717, 1.165) is 37.2 Å². The van der Waals surface area contributed by atoms with Gasteiger partial charge in [-0.05, 0) is 73.9 Å². The first-order valence-electron chi connectivity index (χ1n) is 10.9. The van der Waals surface area contributed by atoms with Crippen LogP contribution in [0.2, 0.25) is 0 Å². The fourth-order valence-electron chi connectivity index (χ4n) is 4.42. The molecule has 30 heavy (non-hydrogen) atoms. The maximum atomic E-state index is 13.7. The quantitative estimate of drug-likeness (QED) is 0.736. The van der Waals surface area contributed by atoms with Crippen molar-refractivity contribution in [1.29, 1.82) is 0 Å². The number of piperidine rings is 1. The highest BCUT2D eigenvalue weighted by Gasteiger charge is 2.45. The summed E-state index contributed by atoms with van der Waals surface area (Å²) in [6.45, 7) is 4.29. The molecule has 1 amide bonds. The van der Waals surface area contributed by atoms with Gasteiger partial charge in [0.1, 0.15) is 17.3 Å². The normalized spacial score (nSPS) is 20.0. The van der Waals surface area contributed by atoms with Crippen LogP contribution in [0.4, 0.5) is 10.1 Å². The number of aromatic nitrogens is 1. The van der Waals surface area contributed by atoms with Gasteiger partial charge in [-0.1, -0.05) is 13.3 Å². The van der Waals surface area contributed by atoms with Gasteiger partial charge in [-0.15, -0.1) is 0 Å². The van der Waals surface area contributed by atoms with E-state index in [-0.39, 0.29) is 17.3 Å². The first-order valence-corrected chi connectivity index (χ1v) is 10.9. The van der Waals surface area contributed by atoms with E-state index < -0.39 is 0 Å². The van der Waals surface area contributed by atoms with Crippen molar-refractivity contribution in [1.82, 2.24) is 10.3 Å². The van der Waals surface area contributed by atoms with Gasteiger partial charge in [0.05, 0.1) is 7.11 Å². The van der Waals surface area contributed by atoms with Gasteiger partial charge in [-0.3, -0.25) is 9.78 Å². The number of carbonyl (C=O) groups is 1. The molecule has 2 heterocycles. The number of methoxy groups -OCH3 is 1. The Hall–Kier alpha value is -2.63. The van der Waals surface area contributed by atoms with Crippen molar-refractivity contribution in [3.8, 4) is 5.75 Å². The van der Waals surface area contributed by atoms with Gasteiger partial charge >= 0.3 is 0 Å². The van der Waals surface area contributed by atoms with Crippen LogP contribution in [-0.2, 0) is 6.42 Å². The van der Waals surface area contributed by atoms with E-state index in [1.807, 2.05) is 12.1 Å². The third-order valence-electron chi connectivity index (χ3n) is 6.44. The average molecular weight is 412 g/mol. The van der Waals surface area contributed by atoms with E-state index in [1.165, 1.54) is 31.4 Å². The lowest BCUT2D eigenvalue weighted by Gasteiger charge is -2.34. The Morgan fingerprint density at radius 1 is 1.33 bits per heavy atom. The van der Waals surface area contributed by atoms with Gasteiger partial charge in [-0.2, -0.15) is 0 Å². The summed E-state index contributed by atoms with van der Waals surface area (Å²) in [6.07, 6.45) is 7.63. The molecule has 4 rings (SSSR count). The minimum absolute atomic E-state index is 0.172. The molecule has 2 fully saturated rings. The monoisotopic (exact) mass is 411 g/mol. The highest BCUT2D eigenvalue weighted by atomic mass is 19.1. The topological polar surface area (TPSA) is 54.5 Å². The van der Waals surface area contributed by atoms with Gasteiger partial charge in [0.2, 0.25) is 0 Å². The fraction of sp³-hybridized carbons (Fsp3) is 0.500. The van der Waals surface area contributed by atoms with E-state index >= 15 is 0 Å². The largest absolute Gasteiger partial charge is 0.496 e. The molecule has 1 atom stereocenters. The lowest BCUT2D eigenvalue weighted by atomic mass is 9.95. The molecule has 1 aliphatic heterocycles.